The SMILES string of the molecule is CCC(Oc1ccc(OC)cc1)C(=O)Nc1ccc(Br)cc1F. The number of methoxy groups -OCH3 is 1. The molecule has 0 aliphatic heterocycles. The summed E-state index contributed by atoms with van der Waals surface area (Å²) in [6.07, 6.45) is -0.262. The Hall–Kier alpha value is -2.08. The zero-order valence-electron chi connectivity index (χ0n) is 12.8. The number of ether oxygens (including phenoxy) is 2. The summed E-state index contributed by atoms with van der Waals surface area (Å²) in [6, 6.07) is 11.4. The van der Waals surface area contributed by atoms with Gasteiger partial charge in [0.2, 0.25) is 0 Å². The van der Waals surface area contributed by atoms with Crippen LogP contribution in [0, 0.1) is 5.82 Å². The number of halogens is 2. The monoisotopic (exact) mass is 381 g/mol. The molecule has 0 bridgehead atoms. The van der Waals surface area contributed by atoms with Crippen LogP contribution in [0.2, 0.25) is 0 Å². The van der Waals surface area contributed by atoms with Gasteiger partial charge in [0.25, 0.3) is 5.91 Å². The van der Waals surface area contributed by atoms with Crippen molar-refractivity contribution in [3.05, 3.63) is 52.8 Å². The average molecular weight is 382 g/mol. The second kappa shape index (κ2) is 7.97. The van der Waals surface area contributed by atoms with Crippen molar-refractivity contribution >= 4 is 27.5 Å². The zero-order chi connectivity index (χ0) is 16.8. The van der Waals surface area contributed by atoms with Crippen LogP contribution in [0.4, 0.5) is 10.1 Å². The largest absolute Gasteiger partial charge is 0.497 e. The third kappa shape index (κ3) is 4.69. The van der Waals surface area contributed by atoms with Crippen molar-refractivity contribution in [2.45, 2.75) is 19.4 Å². The lowest BCUT2D eigenvalue weighted by molar-refractivity contribution is -0.122. The summed E-state index contributed by atoms with van der Waals surface area (Å²) in [4.78, 5) is 12.3. The van der Waals surface area contributed by atoms with Crippen molar-refractivity contribution in [3.8, 4) is 11.5 Å². The van der Waals surface area contributed by atoms with Crippen molar-refractivity contribution in [3.63, 3.8) is 0 Å². The number of nitrogens with one attached hydrogen (secondary N) is 1. The molecule has 1 atom stereocenters. The van der Waals surface area contributed by atoms with E-state index in [4.69, 9.17) is 9.47 Å². The Morgan fingerprint density at radius 2 is 1.87 bits per heavy atom. The molecule has 0 saturated carbocycles. The first-order valence-electron chi connectivity index (χ1n) is 7.10. The minimum absolute atomic E-state index is 0.120. The topological polar surface area (TPSA) is 47.6 Å². The lowest BCUT2D eigenvalue weighted by Gasteiger charge is -2.17. The van der Waals surface area contributed by atoms with Gasteiger partial charge in [-0.05, 0) is 48.9 Å². The van der Waals surface area contributed by atoms with Gasteiger partial charge in [0, 0.05) is 4.47 Å². The molecule has 1 N–H and O–H groups in total. The van der Waals surface area contributed by atoms with Crippen LogP contribution in [-0.4, -0.2) is 19.1 Å². The summed E-state index contributed by atoms with van der Waals surface area (Å²) in [7, 11) is 1.57. The summed E-state index contributed by atoms with van der Waals surface area (Å²) < 4.78 is 25.1. The molecule has 0 fully saturated rings. The molecular weight excluding hydrogens is 365 g/mol. The van der Waals surface area contributed by atoms with Gasteiger partial charge < -0.3 is 14.8 Å². The van der Waals surface area contributed by atoms with E-state index in [1.54, 1.807) is 37.4 Å². The van der Waals surface area contributed by atoms with Gasteiger partial charge in [0.1, 0.15) is 17.3 Å². The first kappa shape index (κ1) is 17.3. The van der Waals surface area contributed by atoms with Gasteiger partial charge in [0.15, 0.2) is 6.10 Å². The van der Waals surface area contributed by atoms with Crippen LogP contribution in [0.3, 0.4) is 0 Å². The van der Waals surface area contributed by atoms with Crippen LogP contribution in [0.5, 0.6) is 11.5 Å². The third-order valence-corrected chi connectivity index (χ3v) is 3.68. The van der Waals surface area contributed by atoms with Crippen LogP contribution in [0.25, 0.3) is 0 Å². The molecule has 0 saturated heterocycles. The second-order valence-corrected chi connectivity index (χ2v) is 5.72. The molecule has 0 spiro atoms. The zero-order valence-corrected chi connectivity index (χ0v) is 14.4. The summed E-state index contributed by atoms with van der Waals surface area (Å²) >= 11 is 3.17. The summed E-state index contributed by atoms with van der Waals surface area (Å²) in [5.74, 6) is 0.340. The number of rotatable bonds is 6. The minimum Gasteiger partial charge on any atom is -0.497 e. The predicted molar refractivity (Wildman–Crippen MR) is 90.4 cm³/mol. The molecule has 2 aromatic carbocycles. The summed E-state index contributed by atoms with van der Waals surface area (Å²) in [6.45, 7) is 1.83. The molecule has 1 unspecified atom stereocenters. The normalized spacial score (nSPS) is 11.7. The predicted octanol–water partition coefficient (Wildman–Crippen LogP) is 4.39. The van der Waals surface area contributed by atoms with Crippen molar-refractivity contribution in [1.29, 1.82) is 0 Å². The summed E-state index contributed by atoms with van der Waals surface area (Å²) in [5.41, 5.74) is 0.120. The van der Waals surface area contributed by atoms with E-state index in [1.807, 2.05) is 6.92 Å². The molecule has 0 aromatic heterocycles. The van der Waals surface area contributed by atoms with Crippen molar-refractivity contribution in [2.24, 2.45) is 0 Å². The molecule has 0 aliphatic rings. The first-order valence-corrected chi connectivity index (χ1v) is 7.89. The van der Waals surface area contributed by atoms with E-state index in [1.165, 1.54) is 12.1 Å². The molecule has 2 rings (SSSR count). The maximum atomic E-state index is 13.8. The Balaban J connectivity index is 2.05. The molecule has 122 valence electrons. The van der Waals surface area contributed by atoms with E-state index in [9.17, 15) is 9.18 Å². The van der Waals surface area contributed by atoms with Crippen LogP contribution in [0.1, 0.15) is 13.3 Å². The van der Waals surface area contributed by atoms with Gasteiger partial charge >= 0.3 is 0 Å². The highest BCUT2D eigenvalue weighted by molar-refractivity contribution is 9.10. The first-order chi connectivity index (χ1) is 11.0. The van der Waals surface area contributed by atoms with Gasteiger partial charge in [-0.25, -0.2) is 4.39 Å². The maximum Gasteiger partial charge on any atom is 0.265 e. The Bertz CT molecular complexity index is 676. The average Bonchev–Trinajstić information content (AvgIpc) is 2.55. The standard InChI is InChI=1S/C17H17BrFNO3/c1-3-16(23-13-7-5-12(22-2)6-8-13)17(21)20-15-9-4-11(18)10-14(15)19/h4-10,16H,3H2,1-2H3,(H,20,21). The molecule has 23 heavy (non-hydrogen) atoms. The highest BCUT2D eigenvalue weighted by Crippen LogP contribution is 2.22. The maximum absolute atomic E-state index is 13.8. The Morgan fingerprint density at radius 3 is 2.43 bits per heavy atom. The molecular formula is C17H17BrFNO3. The fourth-order valence-corrected chi connectivity index (χ4v) is 2.28. The van der Waals surface area contributed by atoms with Gasteiger partial charge in [-0.1, -0.05) is 22.9 Å². The van der Waals surface area contributed by atoms with Gasteiger partial charge in [0.05, 0.1) is 12.8 Å². The van der Waals surface area contributed by atoms with Crippen LogP contribution >= 0.6 is 15.9 Å². The van der Waals surface area contributed by atoms with Crippen molar-refractivity contribution in [1.82, 2.24) is 0 Å². The number of carbonyl (C=O) groups excluding carboxylic acids is 1. The Morgan fingerprint density at radius 1 is 1.22 bits per heavy atom. The highest BCUT2D eigenvalue weighted by atomic mass is 79.9. The molecule has 4 nitrogen and oxygen atoms in total. The van der Waals surface area contributed by atoms with Crippen LogP contribution < -0.4 is 14.8 Å². The van der Waals surface area contributed by atoms with E-state index < -0.39 is 17.8 Å². The Kier molecular flexibility index (Phi) is 5.98. The van der Waals surface area contributed by atoms with Crippen LogP contribution in [-0.2, 0) is 4.79 Å². The molecule has 0 heterocycles. The van der Waals surface area contributed by atoms with Crippen molar-refractivity contribution in [2.75, 3.05) is 12.4 Å². The van der Waals surface area contributed by atoms with Crippen LogP contribution in [0.15, 0.2) is 46.9 Å². The van der Waals surface area contributed by atoms with E-state index in [0.29, 0.717) is 22.4 Å². The van der Waals surface area contributed by atoms with Gasteiger partial charge in [-0.3, -0.25) is 4.79 Å². The number of hydrogen-bond acceptors (Lipinski definition) is 3. The van der Waals surface area contributed by atoms with E-state index in [-0.39, 0.29) is 5.69 Å². The number of amides is 1. The fourth-order valence-electron chi connectivity index (χ4n) is 1.94. The van der Waals surface area contributed by atoms with E-state index >= 15 is 0 Å². The lowest BCUT2D eigenvalue weighted by Crippen LogP contribution is -2.32. The molecule has 0 radical (unpaired) electrons. The lowest BCUT2D eigenvalue weighted by atomic mass is 10.2. The third-order valence-electron chi connectivity index (χ3n) is 3.19. The number of hydrogen-bond donors (Lipinski definition) is 1. The van der Waals surface area contributed by atoms with Crippen molar-refractivity contribution < 1.29 is 18.7 Å². The van der Waals surface area contributed by atoms with E-state index in [0.717, 1.165) is 0 Å². The Labute approximate surface area is 142 Å². The summed E-state index contributed by atoms with van der Waals surface area (Å²) in [5, 5.41) is 2.55. The minimum atomic E-state index is -0.716. The molecule has 2 aromatic rings. The van der Waals surface area contributed by atoms with Gasteiger partial charge in [-0.15, -0.1) is 0 Å². The number of anilines is 1. The smallest absolute Gasteiger partial charge is 0.265 e. The number of carbonyl (C=O) groups is 1. The number of benzene rings is 2. The van der Waals surface area contributed by atoms with E-state index in [2.05, 4.69) is 21.2 Å². The molecule has 0 aliphatic carbocycles. The quantitative estimate of drug-likeness (QED) is 0.806. The second-order valence-electron chi connectivity index (χ2n) is 4.80. The fraction of sp³-hybridized carbons (Fsp3) is 0.235. The van der Waals surface area contributed by atoms with Gasteiger partial charge in [-0.2, -0.15) is 0 Å². The molecule has 1 amide bonds. The molecule has 6 heteroatoms. The highest BCUT2D eigenvalue weighted by Gasteiger charge is 2.19.